The number of aryl methyl sites for hydroxylation is 1. The molecule has 7 nitrogen and oxygen atoms in total. The topological polar surface area (TPSA) is 92.6 Å². The van der Waals surface area contributed by atoms with Gasteiger partial charge >= 0.3 is 0 Å². The molecule has 2 aromatic heterocycles. The van der Waals surface area contributed by atoms with Crippen LogP contribution in [0.5, 0.6) is 0 Å². The van der Waals surface area contributed by atoms with Gasteiger partial charge in [-0.05, 0) is 54.7 Å². The van der Waals surface area contributed by atoms with E-state index in [9.17, 15) is 0 Å². The minimum Gasteiger partial charge on any atom is -0.419 e. The Labute approximate surface area is 195 Å². The molecule has 0 saturated carbocycles. The van der Waals surface area contributed by atoms with E-state index in [4.69, 9.17) is 9.68 Å². The lowest BCUT2D eigenvalue weighted by molar-refractivity contribution is 0.218. The van der Waals surface area contributed by atoms with Crippen molar-refractivity contribution in [3.05, 3.63) is 65.5 Å². The second-order valence-corrected chi connectivity index (χ2v) is 9.45. The molecular formula is C26H32N6O. The van der Waals surface area contributed by atoms with Crippen LogP contribution in [0.15, 0.2) is 52.9 Å². The molecule has 0 fully saturated rings. The van der Waals surface area contributed by atoms with Crippen molar-refractivity contribution in [2.45, 2.75) is 40.2 Å². The number of benzene rings is 1. The summed E-state index contributed by atoms with van der Waals surface area (Å²) in [5.74, 6) is 3.29. The van der Waals surface area contributed by atoms with Crippen LogP contribution in [0.3, 0.4) is 0 Å². The van der Waals surface area contributed by atoms with Crippen molar-refractivity contribution in [2.75, 3.05) is 6.54 Å². The average molecular weight is 445 g/mol. The van der Waals surface area contributed by atoms with Crippen molar-refractivity contribution in [2.24, 2.45) is 30.7 Å². The van der Waals surface area contributed by atoms with E-state index in [1.165, 1.54) is 11.1 Å². The summed E-state index contributed by atoms with van der Waals surface area (Å²) in [6, 6.07) is 9.96. The van der Waals surface area contributed by atoms with Gasteiger partial charge in [0, 0.05) is 26.6 Å². The van der Waals surface area contributed by atoms with E-state index in [0.29, 0.717) is 41.0 Å². The Morgan fingerprint density at radius 3 is 2.70 bits per heavy atom. The molecule has 0 aliphatic heterocycles. The number of imidazole rings is 1. The number of allylic oxidation sites excluding steroid dienone is 1. The van der Waals surface area contributed by atoms with Crippen molar-refractivity contribution in [3.63, 3.8) is 0 Å². The maximum atomic E-state index is 8.96. The molecule has 0 bridgehead atoms. The standard InChI is InChI=1S/C26H32N6O/c1-17(2)23-10-21(11-25-30-31-26(33-25)24-15-29-16-32(24)4)18(3)9-22(23)14-28-13-20-7-5-19(12-27)6-8-20/h5-9,15-17,21-23,28H,10-11,13-14H2,1-4H3/t21-,22-,23-/m0/s1. The third-order valence-corrected chi connectivity index (χ3v) is 6.80. The van der Waals surface area contributed by atoms with Gasteiger partial charge in [0.05, 0.1) is 24.2 Å². The molecule has 1 aromatic carbocycles. The van der Waals surface area contributed by atoms with E-state index in [-0.39, 0.29) is 0 Å². The van der Waals surface area contributed by atoms with Crippen molar-refractivity contribution < 1.29 is 4.42 Å². The predicted octanol–water partition coefficient (Wildman–Crippen LogP) is 4.53. The molecule has 3 aromatic rings. The molecule has 0 spiro atoms. The van der Waals surface area contributed by atoms with E-state index in [2.05, 4.69) is 53.4 Å². The molecule has 7 heteroatoms. The second-order valence-electron chi connectivity index (χ2n) is 9.45. The number of aromatic nitrogens is 4. The zero-order valence-electron chi connectivity index (χ0n) is 19.8. The van der Waals surface area contributed by atoms with Gasteiger partial charge in [0.25, 0.3) is 5.89 Å². The first-order valence-corrected chi connectivity index (χ1v) is 11.6. The maximum absolute atomic E-state index is 8.96. The minimum absolute atomic E-state index is 0.409. The predicted molar refractivity (Wildman–Crippen MR) is 127 cm³/mol. The Bertz CT molecular complexity index is 1130. The molecule has 0 saturated heterocycles. The van der Waals surface area contributed by atoms with Crippen LogP contribution < -0.4 is 5.32 Å². The Kier molecular flexibility index (Phi) is 7.05. The zero-order chi connectivity index (χ0) is 23.4. The fraction of sp³-hybridized carbons (Fsp3) is 0.462. The fourth-order valence-corrected chi connectivity index (χ4v) is 4.80. The van der Waals surface area contributed by atoms with Gasteiger partial charge in [0.1, 0.15) is 5.69 Å². The summed E-state index contributed by atoms with van der Waals surface area (Å²) in [6.07, 6.45) is 7.81. The quantitative estimate of drug-likeness (QED) is 0.513. The molecular weight excluding hydrogens is 412 g/mol. The molecule has 0 amide bonds. The SMILES string of the molecule is CC1=C[C@@H](CNCc2ccc(C#N)cc2)[C@H](C(C)C)C[C@H]1Cc1nnc(-c2cncn2C)o1. The highest BCUT2D eigenvalue weighted by atomic mass is 16.4. The third-order valence-electron chi connectivity index (χ3n) is 6.80. The van der Waals surface area contributed by atoms with Gasteiger partial charge in [0.15, 0.2) is 0 Å². The molecule has 0 unspecified atom stereocenters. The summed E-state index contributed by atoms with van der Waals surface area (Å²) in [7, 11) is 1.92. The van der Waals surface area contributed by atoms with Crippen molar-refractivity contribution in [3.8, 4) is 17.7 Å². The van der Waals surface area contributed by atoms with Crippen molar-refractivity contribution >= 4 is 0 Å². The van der Waals surface area contributed by atoms with Crippen LogP contribution in [0.1, 0.15) is 44.2 Å². The monoisotopic (exact) mass is 444 g/mol. The summed E-state index contributed by atoms with van der Waals surface area (Å²) in [6.45, 7) is 8.61. The first kappa shape index (κ1) is 22.9. The van der Waals surface area contributed by atoms with Crippen LogP contribution in [0.2, 0.25) is 0 Å². The van der Waals surface area contributed by atoms with E-state index in [1.807, 2.05) is 35.9 Å². The largest absolute Gasteiger partial charge is 0.419 e. The molecule has 33 heavy (non-hydrogen) atoms. The molecule has 1 N–H and O–H groups in total. The normalized spacial score (nSPS) is 20.6. The molecule has 0 radical (unpaired) electrons. The van der Waals surface area contributed by atoms with Crippen LogP contribution >= 0.6 is 0 Å². The number of hydrogen-bond donors (Lipinski definition) is 1. The summed E-state index contributed by atoms with van der Waals surface area (Å²) in [5, 5.41) is 21.1. The molecule has 1 aliphatic rings. The van der Waals surface area contributed by atoms with Gasteiger partial charge < -0.3 is 14.3 Å². The Morgan fingerprint density at radius 2 is 2.03 bits per heavy atom. The van der Waals surface area contributed by atoms with Gasteiger partial charge in [-0.2, -0.15) is 5.26 Å². The molecule has 3 atom stereocenters. The lowest BCUT2D eigenvalue weighted by Crippen LogP contribution is -2.34. The van der Waals surface area contributed by atoms with E-state index in [0.717, 1.165) is 31.6 Å². The third kappa shape index (κ3) is 5.40. The molecule has 4 rings (SSSR count). The van der Waals surface area contributed by atoms with Crippen molar-refractivity contribution in [1.82, 2.24) is 25.1 Å². The van der Waals surface area contributed by atoms with Gasteiger partial charge in [0.2, 0.25) is 5.89 Å². The number of nitriles is 1. The highest BCUT2D eigenvalue weighted by Gasteiger charge is 2.32. The van der Waals surface area contributed by atoms with E-state index < -0.39 is 0 Å². The van der Waals surface area contributed by atoms with Crippen LogP contribution in [-0.2, 0) is 20.0 Å². The smallest absolute Gasteiger partial charge is 0.265 e. The first-order chi connectivity index (χ1) is 15.9. The second kappa shape index (κ2) is 10.1. The summed E-state index contributed by atoms with van der Waals surface area (Å²) in [4.78, 5) is 4.13. The lowest BCUT2D eigenvalue weighted by atomic mass is 9.70. The maximum Gasteiger partial charge on any atom is 0.265 e. The molecule has 1 aliphatic carbocycles. The Balaban J connectivity index is 1.39. The summed E-state index contributed by atoms with van der Waals surface area (Å²) in [5.41, 5.74) is 4.13. The number of nitrogens with one attached hydrogen (secondary N) is 1. The molecule has 172 valence electrons. The average Bonchev–Trinajstić information content (AvgIpc) is 3.44. The van der Waals surface area contributed by atoms with Gasteiger partial charge in [-0.15, -0.1) is 10.2 Å². The summed E-state index contributed by atoms with van der Waals surface area (Å²) >= 11 is 0. The number of nitrogens with zero attached hydrogens (tertiary/aromatic N) is 5. The minimum atomic E-state index is 0.409. The van der Waals surface area contributed by atoms with Gasteiger partial charge in [-0.3, -0.25) is 0 Å². The van der Waals surface area contributed by atoms with E-state index in [1.54, 1.807) is 12.5 Å². The van der Waals surface area contributed by atoms with Gasteiger partial charge in [-0.1, -0.05) is 37.6 Å². The van der Waals surface area contributed by atoms with E-state index >= 15 is 0 Å². The van der Waals surface area contributed by atoms with Gasteiger partial charge in [-0.25, -0.2) is 4.98 Å². The lowest BCUT2D eigenvalue weighted by Gasteiger charge is -2.37. The fourth-order valence-electron chi connectivity index (χ4n) is 4.80. The Morgan fingerprint density at radius 1 is 1.24 bits per heavy atom. The highest BCUT2D eigenvalue weighted by Crippen LogP contribution is 2.38. The number of hydrogen-bond acceptors (Lipinski definition) is 6. The van der Waals surface area contributed by atoms with Crippen LogP contribution in [0.4, 0.5) is 0 Å². The number of rotatable bonds is 8. The zero-order valence-corrected chi connectivity index (χ0v) is 19.8. The molecule has 2 heterocycles. The highest BCUT2D eigenvalue weighted by molar-refractivity contribution is 5.44. The van der Waals surface area contributed by atoms with Crippen LogP contribution in [0.25, 0.3) is 11.6 Å². The Hall–Kier alpha value is -3.24. The van der Waals surface area contributed by atoms with Crippen LogP contribution in [0, 0.1) is 35.0 Å². The first-order valence-electron chi connectivity index (χ1n) is 11.6. The summed E-state index contributed by atoms with van der Waals surface area (Å²) < 4.78 is 7.85. The van der Waals surface area contributed by atoms with Crippen molar-refractivity contribution in [1.29, 1.82) is 5.26 Å². The van der Waals surface area contributed by atoms with Crippen LogP contribution in [-0.4, -0.2) is 26.3 Å².